The van der Waals surface area contributed by atoms with Gasteiger partial charge < -0.3 is 14.4 Å². The number of hydrogen-bond donors (Lipinski definition) is 0. The average molecular weight is 352 g/mol. The van der Waals surface area contributed by atoms with Crippen LogP contribution in [0.5, 0.6) is 11.5 Å². The Hall–Kier alpha value is -2.53. The van der Waals surface area contributed by atoms with E-state index in [0.29, 0.717) is 23.1 Å². The number of amides is 1. The summed E-state index contributed by atoms with van der Waals surface area (Å²) in [4.78, 5) is 17.2. The molecule has 2 aliphatic rings. The Balaban J connectivity index is 1.40. The predicted octanol–water partition coefficient (Wildman–Crippen LogP) is 2.59. The second-order valence-corrected chi connectivity index (χ2v) is 6.95. The van der Waals surface area contributed by atoms with E-state index in [1.807, 2.05) is 4.90 Å². The smallest absolute Gasteiger partial charge is 0.254 e. The Morgan fingerprint density at radius 1 is 1.00 bits per heavy atom. The zero-order valence-corrected chi connectivity index (χ0v) is 15.3. The van der Waals surface area contributed by atoms with Gasteiger partial charge in [0, 0.05) is 43.9 Å². The van der Waals surface area contributed by atoms with Crippen LogP contribution in [0.15, 0.2) is 42.5 Å². The quantitative estimate of drug-likeness (QED) is 0.848. The van der Waals surface area contributed by atoms with Crippen LogP contribution < -0.4 is 9.47 Å². The third-order valence-corrected chi connectivity index (χ3v) is 5.42. The molecule has 0 bridgehead atoms. The molecule has 1 saturated heterocycles. The molecule has 0 aromatic heterocycles. The minimum atomic E-state index is 0.0378. The molecule has 26 heavy (non-hydrogen) atoms. The van der Waals surface area contributed by atoms with Crippen molar-refractivity contribution in [2.45, 2.75) is 19.0 Å². The molecule has 5 nitrogen and oxygen atoms in total. The van der Waals surface area contributed by atoms with Crippen molar-refractivity contribution in [1.29, 1.82) is 0 Å². The fraction of sp³-hybridized carbons (Fsp3) is 0.381. The molecule has 0 radical (unpaired) electrons. The number of nitrogens with zero attached hydrogens (tertiary/aromatic N) is 2. The third kappa shape index (κ3) is 3.15. The summed E-state index contributed by atoms with van der Waals surface area (Å²) in [6, 6.07) is 14.4. The second kappa shape index (κ2) is 7.00. The van der Waals surface area contributed by atoms with Crippen molar-refractivity contribution in [3.63, 3.8) is 0 Å². The zero-order chi connectivity index (χ0) is 18.1. The minimum Gasteiger partial charge on any atom is -0.497 e. The van der Waals surface area contributed by atoms with E-state index in [1.165, 1.54) is 11.1 Å². The first-order valence-corrected chi connectivity index (χ1v) is 9.01. The van der Waals surface area contributed by atoms with Crippen molar-refractivity contribution >= 4 is 5.91 Å². The summed E-state index contributed by atoms with van der Waals surface area (Å²) < 4.78 is 10.5. The lowest BCUT2D eigenvalue weighted by Gasteiger charge is -2.47. The van der Waals surface area contributed by atoms with Crippen molar-refractivity contribution in [3.05, 3.63) is 59.2 Å². The van der Waals surface area contributed by atoms with E-state index in [-0.39, 0.29) is 5.91 Å². The van der Waals surface area contributed by atoms with E-state index >= 15 is 0 Å². The van der Waals surface area contributed by atoms with Gasteiger partial charge in [-0.3, -0.25) is 9.69 Å². The zero-order valence-electron chi connectivity index (χ0n) is 15.3. The highest BCUT2D eigenvalue weighted by molar-refractivity contribution is 5.95. The van der Waals surface area contributed by atoms with E-state index in [1.54, 1.807) is 32.4 Å². The Morgan fingerprint density at radius 3 is 2.31 bits per heavy atom. The molecule has 0 aliphatic carbocycles. The lowest BCUT2D eigenvalue weighted by atomic mass is 9.96. The van der Waals surface area contributed by atoms with Crippen molar-refractivity contribution < 1.29 is 14.3 Å². The minimum absolute atomic E-state index is 0.0378. The van der Waals surface area contributed by atoms with Crippen molar-refractivity contribution in [1.82, 2.24) is 9.80 Å². The highest BCUT2D eigenvalue weighted by atomic mass is 16.5. The summed E-state index contributed by atoms with van der Waals surface area (Å²) in [7, 11) is 3.19. The summed E-state index contributed by atoms with van der Waals surface area (Å²) in [6.45, 7) is 3.60. The fourth-order valence-electron chi connectivity index (χ4n) is 3.79. The van der Waals surface area contributed by atoms with E-state index < -0.39 is 0 Å². The van der Waals surface area contributed by atoms with Gasteiger partial charge in [0.05, 0.1) is 14.2 Å². The highest BCUT2D eigenvalue weighted by Crippen LogP contribution is 2.27. The summed E-state index contributed by atoms with van der Waals surface area (Å²) in [5.74, 6) is 1.31. The molecule has 0 N–H and O–H groups in total. The van der Waals surface area contributed by atoms with Gasteiger partial charge in [0.2, 0.25) is 0 Å². The number of methoxy groups -OCH3 is 2. The normalized spacial score (nSPS) is 17.4. The molecule has 0 spiro atoms. The van der Waals surface area contributed by atoms with E-state index in [0.717, 1.165) is 32.6 Å². The first-order valence-electron chi connectivity index (χ1n) is 9.01. The standard InChI is InChI=1S/C21H24N2O3/c1-25-19-9-17(10-20(11-19)26-2)21(24)23-13-18(14-23)22-8-7-15-5-3-4-6-16(15)12-22/h3-6,9-11,18H,7-8,12-14H2,1-2H3. The first kappa shape index (κ1) is 16.9. The molecule has 0 saturated carbocycles. The maximum absolute atomic E-state index is 12.8. The van der Waals surface area contributed by atoms with Crippen LogP contribution in [0.3, 0.4) is 0 Å². The number of ether oxygens (including phenoxy) is 2. The number of carbonyl (C=O) groups excluding carboxylic acids is 1. The topological polar surface area (TPSA) is 42.0 Å². The van der Waals surface area contributed by atoms with Gasteiger partial charge in [0.1, 0.15) is 11.5 Å². The molecule has 4 rings (SSSR count). The van der Waals surface area contributed by atoms with Crippen LogP contribution in [0.1, 0.15) is 21.5 Å². The van der Waals surface area contributed by atoms with Gasteiger partial charge in [-0.15, -0.1) is 0 Å². The molecular formula is C21H24N2O3. The Morgan fingerprint density at radius 2 is 1.65 bits per heavy atom. The maximum atomic E-state index is 12.8. The van der Waals surface area contributed by atoms with Crippen LogP contribution in [0, 0.1) is 0 Å². The van der Waals surface area contributed by atoms with Gasteiger partial charge in [-0.25, -0.2) is 0 Å². The number of rotatable bonds is 4. The van der Waals surface area contributed by atoms with Crippen molar-refractivity contribution in [2.75, 3.05) is 33.9 Å². The van der Waals surface area contributed by atoms with Crippen LogP contribution >= 0.6 is 0 Å². The van der Waals surface area contributed by atoms with Gasteiger partial charge >= 0.3 is 0 Å². The molecule has 1 amide bonds. The molecule has 5 heteroatoms. The molecule has 0 atom stereocenters. The number of likely N-dealkylation sites (tertiary alicyclic amines) is 1. The van der Waals surface area contributed by atoms with Gasteiger partial charge in [0.15, 0.2) is 0 Å². The molecule has 2 heterocycles. The fourth-order valence-corrected chi connectivity index (χ4v) is 3.79. The molecule has 1 fully saturated rings. The number of hydrogen-bond acceptors (Lipinski definition) is 4. The van der Waals surface area contributed by atoms with E-state index in [2.05, 4.69) is 29.2 Å². The number of benzene rings is 2. The summed E-state index contributed by atoms with van der Waals surface area (Å²) >= 11 is 0. The molecule has 136 valence electrons. The molecule has 2 aromatic rings. The van der Waals surface area contributed by atoms with Crippen LogP contribution in [-0.2, 0) is 13.0 Å². The largest absolute Gasteiger partial charge is 0.497 e. The summed E-state index contributed by atoms with van der Waals surface area (Å²) in [6.07, 6.45) is 1.09. The van der Waals surface area contributed by atoms with Crippen LogP contribution in [-0.4, -0.2) is 55.6 Å². The van der Waals surface area contributed by atoms with Crippen LogP contribution in [0.4, 0.5) is 0 Å². The molecule has 0 unspecified atom stereocenters. The SMILES string of the molecule is COc1cc(OC)cc(C(=O)N2CC(N3CCc4ccccc4C3)C2)c1. The van der Waals surface area contributed by atoms with Gasteiger partial charge in [-0.1, -0.05) is 24.3 Å². The lowest BCUT2D eigenvalue weighted by molar-refractivity contribution is 0.0218. The first-order chi connectivity index (χ1) is 12.7. The molecule has 2 aromatic carbocycles. The van der Waals surface area contributed by atoms with Crippen molar-refractivity contribution in [2.24, 2.45) is 0 Å². The van der Waals surface area contributed by atoms with Crippen LogP contribution in [0.2, 0.25) is 0 Å². The lowest BCUT2D eigenvalue weighted by Crippen LogP contribution is -2.61. The maximum Gasteiger partial charge on any atom is 0.254 e. The predicted molar refractivity (Wildman–Crippen MR) is 99.8 cm³/mol. The Bertz CT molecular complexity index is 792. The van der Waals surface area contributed by atoms with Crippen molar-refractivity contribution in [3.8, 4) is 11.5 Å². The monoisotopic (exact) mass is 352 g/mol. The molecule has 2 aliphatic heterocycles. The van der Waals surface area contributed by atoms with Crippen LogP contribution in [0.25, 0.3) is 0 Å². The highest BCUT2D eigenvalue weighted by Gasteiger charge is 2.36. The third-order valence-electron chi connectivity index (χ3n) is 5.42. The Labute approximate surface area is 154 Å². The Kier molecular flexibility index (Phi) is 4.55. The van der Waals surface area contributed by atoms with Gasteiger partial charge in [-0.05, 0) is 29.7 Å². The van der Waals surface area contributed by atoms with Gasteiger partial charge in [-0.2, -0.15) is 0 Å². The summed E-state index contributed by atoms with van der Waals surface area (Å²) in [5.41, 5.74) is 3.49. The van der Waals surface area contributed by atoms with Gasteiger partial charge in [0.25, 0.3) is 5.91 Å². The number of carbonyl (C=O) groups is 1. The van der Waals surface area contributed by atoms with E-state index in [9.17, 15) is 4.79 Å². The van der Waals surface area contributed by atoms with E-state index in [4.69, 9.17) is 9.47 Å². The second-order valence-electron chi connectivity index (χ2n) is 6.95. The summed E-state index contributed by atoms with van der Waals surface area (Å²) in [5, 5.41) is 0. The molecular weight excluding hydrogens is 328 g/mol. The number of fused-ring (bicyclic) bond motifs is 1. The average Bonchev–Trinajstić information content (AvgIpc) is 2.66.